The number of nitrogens with zero attached hydrogens (tertiary/aromatic N) is 2. The number of halogens is 1. The predicted octanol–water partition coefficient (Wildman–Crippen LogP) is 3.25. The van der Waals surface area contributed by atoms with E-state index in [0.717, 1.165) is 0 Å². The van der Waals surface area contributed by atoms with Crippen LogP contribution in [0.1, 0.15) is 0 Å². The molecule has 0 aliphatic heterocycles. The summed E-state index contributed by atoms with van der Waals surface area (Å²) in [6.07, 6.45) is 0. The van der Waals surface area contributed by atoms with Crippen molar-refractivity contribution in [2.24, 2.45) is 0 Å². The van der Waals surface area contributed by atoms with E-state index in [1.54, 1.807) is 30.3 Å². The molecule has 5 heteroatoms. The molecule has 4 nitrogen and oxygen atoms in total. The average molecular weight is 256 g/mol. The van der Waals surface area contributed by atoms with Crippen molar-refractivity contribution in [3.8, 4) is 28.6 Å². The van der Waals surface area contributed by atoms with Crippen LogP contribution in [-0.2, 0) is 0 Å². The Morgan fingerprint density at radius 2 is 1.74 bits per heavy atom. The average Bonchev–Trinajstić information content (AvgIpc) is 2.89. The van der Waals surface area contributed by atoms with Gasteiger partial charge in [0.15, 0.2) is 0 Å². The molecule has 19 heavy (non-hydrogen) atoms. The number of hydrogen-bond acceptors (Lipinski definition) is 4. The summed E-state index contributed by atoms with van der Waals surface area (Å²) in [5.41, 5.74) is 1.11. The third kappa shape index (κ3) is 2.18. The molecule has 0 atom stereocenters. The molecule has 0 radical (unpaired) electrons. The normalized spacial score (nSPS) is 10.6. The molecule has 0 amide bonds. The lowest BCUT2D eigenvalue weighted by Gasteiger charge is -1.96. The van der Waals surface area contributed by atoms with E-state index in [0.29, 0.717) is 17.0 Å². The molecular formula is C14H9FN2O2. The summed E-state index contributed by atoms with van der Waals surface area (Å²) in [6, 6.07) is 12.5. The van der Waals surface area contributed by atoms with Crippen molar-refractivity contribution in [2.45, 2.75) is 0 Å². The first-order chi connectivity index (χ1) is 9.24. The van der Waals surface area contributed by atoms with E-state index in [-0.39, 0.29) is 17.5 Å². The minimum Gasteiger partial charge on any atom is -0.507 e. The Bertz CT molecular complexity index is 707. The number of hydrogen-bond donors (Lipinski definition) is 1. The Labute approximate surface area is 108 Å². The molecule has 3 rings (SSSR count). The molecule has 0 saturated carbocycles. The fraction of sp³-hybridized carbons (Fsp3) is 0. The van der Waals surface area contributed by atoms with Gasteiger partial charge in [-0.15, -0.1) is 0 Å². The highest BCUT2D eigenvalue weighted by Gasteiger charge is 2.13. The van der Waals surface area contributed by atoms with Gasteiger partial charge in [-0.3, -0.25) is 0 Å². The Balaban J connectivity index is 2.00. The van der Waals surface area contributed by atoms with Crippen molar-refractivity contribution in [1.82, 2.24) is 10.1 Å². The third-order valence-electron chi connectivity index (χ3n) is 2.66. The van der Waals surface area contributed by atoms with E-state index in [2.05, 4.69) is 10.1 Å². The Morgan fingerprint density at radius 3 is 2.47 bits per heavy atom. The van der Waals surface area contributed by atoms with Crippen molar-refractivity contribution in [3.05, 3.63) is 54.3 Å². The number of phenolic OH excluding ortho intramolecular Hbond substituents is 1. The second-order valence-corrected chi connectivity index (χ2v) is 3.95. The number of rotatable bonds is 2. The van der Waals surface area contributed by atoms with Crippen LogP contribution >= 0.6 is 0 Å². The van der Waals surface area contributed by atoms with Crippen LogP contribution in [0, 0.1) is 5.82 Å². The van der Waals surface area contributed by atoms with Gasteiger partial charge in [0.2, 0.25) is 5.82 Å². The molecule has 0 aliphatic carbocycles. The molecule has 3 aromatic rings. The van der Waals surface area contributed by atoms with Crippen molar-refractivity contribution in [3.63, 3.8) is 0 Å². The molecule has 1 heterocycles. The predicted molar refractivity (Wildman–Crippen MR) is 66.8 cm³/mol. The summed E-state index contributed by atoms with van der Waals surface area (Å²) >= 11 is 0. The molecule has 2 aromatic carbocycles. The van der Waals surface area contributed by atoms with Gasteiger partial charge in [-0.05, 0) is 36.4 Å². The van der Waals surface area contributed by atoms with Crippen LogP contribution in [0.15, 0.2) is 53.1 Å². The molecule has 0 saturated heterocycles. The van der Waals surface area contributed by atoms with E-state index in [1.165, 1.54) is 18.2 Å². The van der Waals surface area contributed by atoms with Crippen molar-refractivity contribution < 1.29 is 14.0 Å². The zero-order valence-electron chi connectivity index (χ0n) is 9.75. The molecule has 0 spiro atoms. The number of phenols is 1. The first kappa shape index (κ1) is 11.4. The minimum atomic E-state index is -0.326. The lowest BCUT2D eigenvalue weighted by molar-refractivity contribution is 0.425. The molecule has 0 unspecified atom stereocenters. The van der Waals surface area contributed by atoms with Gasteiger partial charge in [0.05, 0.1) is 5.56 Å². The summed E-state index contributed by atoms with van der Waals surface area (Å²) in [5.74, 6) is 0.306. The summed E-state index contributed by atoms with van der Waals surface area (Å²) in [7, 11) is 0. The third-order valence-corrected chi connectivity index (χ3v) is 2.66. The van der Waals surface area contributed by atoms with Crippen LogP contribution in [-0.4, -0.2) is 15.2 Å². The largest absolute Gasteiger partial charge is 0.507 e. The summed E-state index contributed by atoms with van der Waals surface area (Å²) < 4.78 is 17.9. The summed E-state index contributed by atoms with van der Waals surface area (Å²) in [5, 5.41) is 13.5. The Hall–Kier alpha value is -2.69. The molecular weight excluding hydrogens is 247 g/mol. The van der Waals surface area contributed by atoms with Gasteiger partial charge in [0.1, 0.15) is 11.6 Å². The quantitative estimate of drug-likeness (QED) is 0.764. The van der Waals surface area contributed by atoms with Crippen LogP contribution in [0.4, 0.5) is 4.39 Å². The zero-order valence-corrected chi connectivity index (χ0v) is 9.75. The van der Waals surface area contributed by atoms with E-state index >= 15 is 0 Å². The molecule has 1 aromatic heterocycles. The SMILES string of the molecule is Oc1ccccc1-c1nc(-c2ccc(F)cc2)no1. The Morgan fingerprint density at radius 1 is 1.00 bits per heavy atom. The van der Waals surface area contributed by atoms with Crippen LogP contribution in [0.3, 0.4) is 0 Å². The lowest BCUT2D eigenvalue weighted by Crippen LogP contribution is -1.82. The number of para-hydroxylation sites is 1. The van der Waals surface area contributed by atoms with E-state index in [9.17, 15) is 9.50 Å². The summed E-state index contributed by atoms with van der Waals surface area (Å²) in [4.78, 5) is 4.18. The van der Waals surface area contributed by atoms with Gasteiger partial charge >= 0.3 is 0 Å². The maximum Gasteiger partial charge on any atom is 0.261 e. The zero-order chi connectivity index (χ0) is 13.2. The molecule has 0 bridgehead atoms. The smallest absolute Gasteiger partial charge is 0.261 e. The van der Waals surface area contributed by atoms with Gasteiger partial charge in [-0.1, -0.05) is 17.3 Å². The van der Waals surface area contributed by atoms with E-state index in [1.807, 2.05) is 0 Å². The maximum absolute atomic E-state index is 12.8. The molecule has 1 N–H and O–H groups in total. The van der Waals surface area contributed by atoms with Gasteiger partial charge in [0, 0.05) is 5.56 Å². The van der Waals surface area contributed by atoms with Crippen LogP contribution in [0.5, 0.6) is 5.75 Å². The fourth-order valence-electron chi connectivity index (χ4n) is 1.70. The van der Waals surface area contributed by atoms with E-state index in [4.69, 9.17) is 4.52 Å². The van der Waals surface area contributed by atoms with Crippen molar-refractivity contribution >= 4 is 0 Å². The maximum atomic E-state index is 12.8. The standard InChI is InChI=1S/C14H9FN2O2/c15-10-7-5-9(6-8-10)13-16-14(19-17-13)11-3-1-2-4-12(11)18/h1-8,18H. The fourth-order valence-corrected chi connectivity index (χ4v) is 1.70. The second kappa shape index (κ2) is 4.53. The van der Waals surface area contributed by atoms with Gasteiger partial charge in [-0.25, -0.2) is 4.39 Å². The highest BCUT2D eigenvalue weighted by molar-refractivity contribution is 5.64. The highest BCUT2D eigenvalue weighted by atomic mass is 19.1. The van der Waals surface area contributed by atoms with Gasteiger partial charge in [0.25, 0.3) is 5.89 Å². The summed E-state index contributed by atoms with van der Waals surface area (Å²) in [6.45, 7) is 0. The van der Waals surface area contributed by atoms with Crippen LogP contribution in [0.2, 0.25) is 0 Å². The highest BCUT2D eigenvalue weighted by Crippen LogP contribution is 2.28. The Kier molecular flexibility index (Phi) is 2.72. The van der Waals surface area contributed by atoms with Crippen LogP contribution < -0.4 is 0 Å². The number of aromatic nitrogens is 2. The molecule has 0 aliphatic rings. The first-order valence-electron chi connectivity index (χ1n) is 5.62. The van der Waals surface area contributed by atoms with Gasteiger partial charge < -0.3 is 9.63 Å². The topological polar surface area (TPSA) is 59.2 Å². The molecule has 94 valence electrons. The van der Waals surface area contributed by atoms with Crippen molar-refractivity contribution in [2.75, 3.05) is 0 Å². The number of benzene rings is 2. The van der Waals surface area contributed by atoms with Crippen molar-refractivity contribution in [1.29, 1.82) is 0 Å². The minimum absolute atomic E-state index is 0.0665. The second-order valence-electron chi connectivity index (χ2n) is 3.95. The van der Waals surface area contributed by atoms with Gasteiger partial charge in [-0.2, -0.15) is 4.98 Å². The lowest BCUT2D eigenvalue weighted by atomic mass is 10.2. The first-order valence-corrected chi connectivity index (χ1v) is 5.62. The van der Waals surface area contributed by atoms with Crippen LogP contribution in [0.25, 0.3) is 22.8 Å². The number of aromatic hydroxyl groups is 1. The molecule has 0 fully saturated rings. The monoisotopic (exact) mass is 256 g/mol. The van der Waals surface area contributed by atoms with E-state index < -0.39 is 0 Å².